The Balaban J connectivity index is 1.61. The fourth-order valence-electron chi connectivity index (χ4n) is 3.24. The maximum absolute atomic E-state index is 12.1. The average molecular weight is 358 g/mol. The van der Waals surface area contributed by atoms with Crippen LogP contribution in [0, 0.1) is 0 Å². The molecule has 2 aliphatic heterocycles. The van der Waals surface area contributed by atoms with Crippen molar-refractivity contribution in [3.8, 4) is 0 Å². The Bertz CT molecular complexity index is 683. The summed E-state index contributed by atoms with van der Waals surface area (Å²) < 4.78 is 5.37. The summed E-state index contributed by atoms with van der Waals surface area (Å²) in [4.78, 5) is 32.2. The topological polar surface area (TPSA) is 74.8 Å². The minimum atomic E-state index is -0.0327. The fourth-order valence-corrected chi connectivity index (χ4v) is 3.24. The third kappa shape index (κ3) is 5.45. The molecule has 1 N–H and O–H groups in total. The normalized spacial score (nSPS) is 19.2. The number of fused-ring (bicyclic) bond motifs is 1. The lowest BCUT2D eigenvalue weighted by Crippen LogP contribution is -2.38. The van der Waals surface area contributed by atoms with Crippen molar-refractivity contribution >= 4 is 23.6 Å². The summed E-state index contributed by atoms with van der Waals surface area (Å²) in [5, 5.41) is 2.87. The van der Waals surface area contributed by atoms with E-state index in [0.717, 1.165) is 56.9 Å². The van der Waals surface area contributed by atoms with Gasteiger partial charge >= 0.3 is 0 Å². The van der Waals surface area contributed by atoms with Crippen molar-refractivity contribution < 1.29 is 14.3 Å². The Kier molecular flexibility index (Phi) is 6.49. The molecule has 0 bridgehead atoms. The summed E-state index contributed by atoms with van der Waals surface area (Å²) in [6, 6.07) is 1.99. The number of ketones is 1. The van der Waals surface area contributed by atoms with Gasteiger partial charge in [-0.2, -0.15) is 0 Å². The highest BCUT2D eigenvalue weighted by Crippen LogP contribution is 2.20. The van der Waals surface area contributed by atoms with Gasteiger partial charge in [0.15, 0.2) is 5.78 Å². The molecule has 3 heterocycles. The molecule has 1 aromatic heterocycles. The number of hydrogen-bond donors (Lipinski definition) is 1. The molecule has 0 radical (unpaired) electrons. The molecule has 7 heteroatoms. The van der Waals surface area contributed by atoms with Gasteiger partial charge in [-0.1, -0.05) is 0 Å². The molecule has 0 unspecified atom stereocenters. The smallest absolute Gasteiger partial charge is 0.239 e. The minimum absolute atomic E-state index is 0.00187. The number of allylic oxidation sites excluding steroid dienone is 1. The third-order valence-corrected chi connectivity index (χ3v) is 4.57. The lowest BCUT2D eigenvalue weighted by atomic mass is 10.1. The van der Waals surface area contributed by atoms with Crippen LogP contribution in [-0.4, -0.2) is 72.4 Å². The van der Waals surface area contributed by atoms with Crippen molar-refractivity contribution in [3.63, 3.8) is 0 Å². The molecular weight excluding hydrogens is 332 g/mol. The molecule has 1 fully saturated rings. The molecule has 0 aromatic carbocycles. The van der Waals surface area contributed by atoms with Crippen LogP contribution in [-0.2, 0) is 20.9 Å². The highest BCUT2D eigenvalue weighted by atomic mass is 16.5. The van der Waals surface area contributed by atoms with E-state index in [1.165, 1.54) is 13.0 Å². The quantitative estimate of drug-likeness (QED) is 0.769. The van der Waals surface area contributed by atoms with Gasteiger partial charge in [0.25, 0.3) is 0 Å². The second-order valence-electron chi connectivity index (χ2n) is 6.79. The SMILES string of the molecule is CC(=O)/C=C/c1cnc2c(c1)CN(CCCN1CCOCC1)CC(=O)N2. The summed E-state index contributed by atoms with van der Waals surface area (Å²) >= 11 is 0. The van der Waals surface area contributed by atoms with Crippen LogP contribution in [0.15, 0.2) is 18.3 Å². The Morgan fingerprint density at radius 2 is 2.04 bits per heavy atom. The number of hydrogen-bond acceptors (Lipinski definition) is 6. The molecule has 1 saturated heterocycles. The second kappa shape index (κ2) is 9.02. The first-order valence-electron chi connectivity index (χ1n) is 9.10. The number of anilines is 1. The molecule has 0 spiro atoms. The highest BCUT2D eigenvalue weighted by molar-refractivity contribution is 5.93. The van der Waals surface area contributed by atoms with E-state index in [1.54, 1.807) is 12.3 Å². The summed E-state index contributed by atoms with van der Waals surface area (Å²) in [5.74, 6) is 0.582. The van der Waals surface area contributed by atoms with Gasteiger partial charge < -0.3 is 10.1 Å². The molecule has 1 aromatic rings. The zero-order valence-corrected chi connectivity index (χ0v) is 15.2. The van der Waals surface area contributed by atoms with E-state index in [-0.39, 0.29) is 11.7 Å². The van der Waals surface area contributed by atoms with Gasteiger partial charge in [-0.05, 0) is 43.7 Å². The molecule has 0 atom stereocenters. The lowest BCUT2D eigenvalue weighted by Gasteiger charge is -2.27. The van der Waals surface area contributed by atoms with Crippen LogP contribution in [0.25, 0.3) is 6.08 Å². The second-order valence-corrected chi connectivity index (χ2v) is 6.79. The van der Waals surface area contributed by atoms with Crippen LogP contribution in [0.2, 0.25) is 0 Å². The van der Waals surface area contributed by atoms with Gasteiger partial charge in [0.1, 0.15) is 5.82 Å². The van der Waals surface area contributed by atoms with E-state index >= 15 is 0 Å². The number of nitrogens with one attached hydrogen (secondary N) is 1. The van der Waals surface area contributed by atoms with Crippen LogP contribution < -0.4 is 5.32 Å². The average Bonchev–Trinajstić information content (AvgIpc) is 2.78. The number of carbonyl (C=O) groups excluding carboxylic acids is 2. The van der Waals surface area contributed by atoms with Gasteiger partial charge in [0, 0.05) is 37.9 Å². The van der Waals surface area contributed by atoms with E-state index < -0.39 is 0 Å². The first kappa shape index (κ1) is 18.7. The van der Waals surface area contributed by atoms with Crippen LogP contribution in [0.3, 0.4) is 0 Å². The maximum atomic E-state index is 12.1. The Morgan fingerprint density at radius 1 is 1.27 bits per heavy atom. The number of ether oxygens (including phenoxy) is 1. The van der Waals surface area contributed by atoms with E-state index in [2.05, 4.69) is 20.1 Å². The molecule has 0 aliphatic carbocycles. The van der Waals surface area contributed by atoms with Gasteiger partial charge in [0.05, 0.1) is 19.8 Å². The monoisotopic (exact) mass is 358 g/mol. The number of pyridine rings is 1. The van der Waals surface area contributed by atoms with E-state index in [4.69, 9.17) is 4.74 Å². The summed E-state index contributed by atoms with van der Waals surface area (Å²) in [6.07, 6.45) is 5.97. The first-order valence-corrected chi connectivity index (χ1v) is 9.10. The Morgan fingerprint density at radius 3 is 2.81 bits per heavy atom. The van der Waals surface area contributed by atoms with Crippen LogP contribution >= 0.6 is 0 Å². The number of rotatable bonds is 6. The van der Waals surface area contributed by atoms with Crippen LogP contribution in [0.4, 0.5) is 5.82 Å². The van der Waals surface area contributed by atoms with Gasteiger partial charge in [-0.25, -0.2) is 4.98 Å². The zero-order chi connectivity index (χ0) is 18.4. The summed E-state index contributed by atoms with van der Waals surface area (Å²) in [5.41, 5.74) is 1.84. The van der Waals surface area contributed by atoms with Crippen molar-refractivity contribution in [1.29, 1.82) is 0 Å². The lowest BCUT2D eigenvalue weighted by molar-refractivity contribution is -0.117. The first-order chi connectivity index (χ1) is 12.6. The molecule has 0 saturated carbocycles. The van der Waals surface area contributed by atoms with E-state index in [1.807, 2.05) is 6.07 Å². The number of nitrogens with zero attached hydrogens (tertiary/aromatic N) is 3. The number of morpholine rings is 1. The highest BCUT2D eigenvalue weighted by Gasteiger charge is 2.20. The van der Waals surface area contributed by atoms with Crippen LogP contribution in [0.5, 0.6) is 0 Å². The third-order valence-electron chi connectivity index (χ3n) is 4.57. The standard InChI is InChI=1S/C19H26N4O3/c1-15(24)3-4-16-11-17-13-23(14-18(25)21-19(17)20-12-16)6-2-5-22-7-9-26-10-8-22/h3-4,11-12H,2,5-10,13-14H2,1H3,(H,20,21,25)/b4-3+. The molecule has 3 rings (SSSR count). The minimum Gasteiger partial charge on any atom is -0.379 e. The van der Waals surface area contributed by atoms with E-state index in [9.17, 15) is 9.59 Å². The zero-order valence-electron chi connectivity index (χ0n) is 15.2. The summed E-state index contributed by atoms with van der Waals surface area (Å²) in [7, 11) is 0. The van der Waals surface area contributed by atoms with E-state index in [0.29, 0.717) is 18.9 Å². The van der Waals surface area contributed by atoms with Crippen molar-refractivity contribution in [2.75, 3.05) is 51.3 Å². The molecule has 26 heavy (non-hydrogen) atoms. The fraction of sp³-hybridized carbons (Fsp3) is 0.526. The molecule has 7 nitrogen and oxygen atoms in total. The Hall–Kier alpha value is -2.09. The van der Waals surface area contributed by atoms with Crippen LogP contribution in [0.1, 0.15) is 24.5 Å². The van der Waals surface area contributed by atoms with Crippen molar-refractivity contribution in [2.45, 2.75) is 19.9 Å². The molecule has 2 aliphatic rings. The predicted octanol–water partition coefficient (Wildman–Crippen LogP) is 1.16. The predicted molar refractivity (Wildman–Crippen MR) is 99.7 cm³/mol. The molecule has 140 valence electrons. The summed E-state index contributed by atoms with van der Waals surface area (Å²) in [6.45, 7) is 8.03. The molecular formula is C19H26N4O3. The maximum Gasteiger partial charge on any atom is 0.239 e. The molecule has 1 amide bonds. The van der Waals surface area contributed by atoms with Gasteiger partial charge in [0.2, 0.25) is 5.91 Å². The van der Waals surface area contributed by atoms with Gasteiger partial charge in [-0.3, -0.25) is 19.4 Å². The number of carbonyl (C=O) groups is 2. The largest absolute Gasteiger partial charge is 0.379 e. The number of aromatic nitrogens is 1. The van der Waals surface area contributed by atoms with Gasteiger partial charge in [-0.15, -0.1) is 0 Å². The van der Waals surface area contributed by atoms with Crippen molar-refractivity contribution in [1.82, 2.24) is 14.8 Å². The van der Waals surface area contributed by atoms with Crippen molar-refractivity contribution in [2.24, 2.45) is 0 Å². The Labute approximate surface area is 154 Å². The number of amides is 1. The van der Waals surface area contributed by atoms with Crippen molar-refractivity contribution in [3.05, 3.63) is 29.5 Å².